The Labute approximate surface area is 187 Å². The van der Waals surface area contributed by atoms with E-state index in [0.717, 1.165) is 5.56 Å². The van der Waals surface area contributed by atoms with Crippen LogP contribution in [0.3, 0.4) is 0 Å². The predicted molar refractivity (Wildman–Crippen MR) is 122 cm³/mol. The molecule has 28 heavy (non-hydrogen) atoms. The number of rotatable bonds is 8. The van der Waals surface area contributed by atoms with Crippen molar-refractivity contribution in [2.75, 3.05) is 26.7 Å². The number of hydrogen-bond donors (Lipinski definition) is 3. The summed E-state index contributed by atoms with van der Waals surface area (Å²) in [7, 11) is -1.98. The van der Waals surface area contributed by atoms with Gasteiger partial charge in [-0.1, -0.05) is 29.8 Å². The van der Waals surface area contributed by atoms with E-state index >= 15 is 0 Å². The number of hydrogen-bond acceptors (Lipinski definition) is 3. The SMILES string of the molecule is CN=C(NCCNS(=O)(=O)c1cccc(Cl)c1)NCCc1ccc(F)cc1.I. The highest BCUT2D eigenvalue weighted by atomic mass is 127. The summed E-state index contributed by atoms with van der Waals surface area (Å²) in [5.41, 5.74) is 1.01. The molecule has 0 fully saturated rings. The summed E-state index contributed by atoms with van der Waals surface area (Å²) in [6.07, 6.45) is 0.711. The molecule has 3 N–H and O–H groups in total. The first-order valence-electron chi connectivity index (χ1n) is 8.35. The van der Waals surface area contributed by atoms with Crippen molar-refractivity contribution < 1.29 is 12.8 Å². The largest absolute Gasteiger partial charge is 0.356 e. The van der Waals surface area contributed by atoms with Gasteiger partial charge < -0.3 is 10.6 Å². The molecule has 2 rings (SSSR count). The Morgan fingerprint density at radius 1 is 1.07 bits per heavy atom. The van der Waals surface area contributed by atoms with Crippen molar-refractivity contribution in [1.82, 2.24) is 15.4 Å². The van der Waals surface area contributed by atoms with Gasteiger partial charge in [-0.3, -0.25) is 4.99 Å². The molecule has 0 spiro atoms. The molecule has 6 nitrogen and oxygen atoms in total. The van der Waals surface area contributed by atoms with Gasteiger partial charge in [-0.05, 0) is 42.3 Å². The second kappa shape index (κ2) is 12.2. The number of sulfonamides is 1. The molecule has 0 bridgehead atoms. The minimum Gasteiger partial charge on any atom is -0.356 e. The van der Waals surface area contributed by atoms with Crippen LogP contribution >= 0.6 is 35.6 Å². The molecule has 0 aromatic heterocycles. The minimum absolute atomic E-state index is 0. The molecule has 0 atom stereocenters. The Hall–Kier alpha value is -1.43. The molecule has 0 heterocycles. The molecule has 0 saturated heterocycles. The van der Waals surface area contributed by atoms with Gasteiger partial charge in [-0.25, -0.2) is 17.5 Å². The molecule has 0 aliphatic rings. The summed E-state index contributed by atoms with van der Waals surface area (Å²) in [5.74, 6) is 0.295. The maximum Gasteiger partial charge on any atom is 0.240 e. The average molecular weight is 541 g/mol. The van der Waals surface area contributed by atoms with Gasteiger partial charge in [0.15, 0.2) is 5.96 Å². The lowest BCUT2D eigenvalue weighted by atomic mass is 10.1. The molecule has 0 aliphatic heterocycles. The van der Waals surface area contributed by atoms with Crippen LogP contribution in [0.15, 0.2) is 58.4 Å². The minimum atomic E-state index is -3.61. The van der Waals surface area contributed by atoms with Crippen LogP contribution in [0.2, 0.25) is 5.02 Å². The number of halogens is 3. The molecular weight excluding hydrogens is 518 g/mol. The van der Waals surface area contributed by atoms with Gasteiger partial charge in [-0.2, -0.15) is 0 Å². The van der Waals surface area contributed by atoms with Gasteiger partial charge in [0, 0.05) is 31.7 Å². The smallest absolute Gasteiger partial charge is 0.240 e. The summed E-state index contributed by atoms with van der Waals surface area (Å²) in [5, 5.41) is 6.51. The Bertz CT molecular complexity index is 879. The summed E-state index contributed by atoms with van der Waals surface area (Å²) in [4.78, 5) is 4.20. The molecule has 2 aromatic rings. The van der Waals surface area contributed by atoms with E-state index in [2.05, 4.69) is 20.3 Å². The normalized spacial score (nSPS) is 11.6. The lowest BCUT2D eigenvalue weighted by Crippen LogP contribution is -2.42. The molecule has 154 valence electrons. The van der Waals surface area contributed by atoms with E-state index in [-0.39, 0.29) is 41.2 Å². The van der Waals surface area contributed by atoms with Crippen LogP contribution < -0.4 is 15.4 Å². The van der Waals surface area contributed by atoms with Crippen LogP contribution in [0.25, 0.3) is 0 Å². The molecule has 0 aliphatic carbocycles. The Kier molecular flexibility index (Phi) is 10.7. The second-order valence-electron chi connectivity index (χ2n) is 5.66. The topological polar surface area (TPSA) is 82.6 Å². The van der Waals surface area contributed by atoms with Crippen molar-refractivity contribution in [3.8, 4) is 0 Å². The zero-order chi connectivity index (χ0) is 19.7. The standard InChI is InChI=1S/C18H22ClFN4O2S.HI/c1-21-18(22-10-9-14-5-7-16(20)8-6-14)23-11-12-24-27(25,26)17-4-2-3-15(19)13-17;/h2-8,13,24H,9-12H2,1H3,(H2,21,22,23);1H. The van der Waals surface area contributed by atoms with E-state index in [1.165, 1.54) is 24.3 Å². The van der Waals surface area contributed by atoms with Crippen LogP contribution in [0.1, 0.15) is 5.56 Å². The summed E-state index contributed by atoms with van der Waals surface area (Å²) >= 11 is 5.83. The van der Waals surface area contributed by atoms with Gasteiger partial charge in [0.05, 0.1) is 4.90 Å². The lowest BCUT2D eigenvalue weighted by molar-refractivity contribution is 0.580. The van der Waals surface area contributed by atoms with E-state index in [4.69, 9.17) is 11.6 Å². The summed E-state index contributed by atoms with van der Waals surface area (Å²) in [6, 6.07) is 12.4. The van der Waals surface area contributed by atoms with E-state index in [1.807, 2.05) is 0 Å². The third kappa shape index (κ3) is 8.29. The monoisotopic (exact) mass is 540 g/mol. The maximum absolute atomic E-state index is 12.9. The zero-order valence-electron chi connectivity index (χ0n) is 15.3. The van der Waals surface area contributed by atoms with Gasteiger partial charge in [-0.15, -0.1) is 24.0 Å². The Morgan fingerprint density at radius 2 is 1.75 bits per heavy atom. The van der Waals surface area contributed by atoms with Gasteiger partial charge in [0.2, 0.25) is 10.0 Å². The molecular formula is C18H23ClFIN4O2S. The van der Waals surface area contributed by atoms with E-state index in [0.29, 0.717) is 30.5 Å². The third-order valence-corrected chi connectivity index (χ3v) is 5.35. The first-order chi connectivity index (χ1) is 12.9. The second-order valence-corrected chi connectivity index (χ2v) is 7.86. The van der Waals surface area contributed by atoms with Gasteiger partial charge in [0.1, 0.15) is 5.82 Å². The van der Waals surface area contributed by atoms with Crippen molar-refractivity contribution in [3.05, 3.63) is 64.9 Å². The number of nitrogens with zero attached hydrogens (tertiary/aromatic N) is 1. The van der Waals surface area contributed by atoms with Crippen molar-refractivity contribution in [1.29, 1.82) is 0 Å². The fraction of sp³-hybridized carbons (Fsp3) is 0.278. The number of nitrogens with one attached hydrogen (secondary N) is 3. The molecule has 0 saturated carbocycles. The van der Waals surface area contributed by atoms with Gasteiger partial charge in [0.25, 0.3) is 0 Å². The van der Waals surface area contributed by atoms with Crippen LogP contribution in [-0.2, 0) is 16.4 Å². The van der Waals surface area contributed by atoms with Gasteiger partial charge >= 0.3 is 0 Å². The molecule has 2 aromatic carbocycles. The van der Waals surface area contributed by atoms with Crippen molar-refractivity contribution >= 4 is 51.6 Å². The fourth-order valence-electron chi connectivity index (χ4n) is 2.28. The van der Waals surface area contributed by atoms with E-state index < -0.39 is 10.0 Å². The first-order valence-corrected chi connectivity index (χ1v) is 10.2. The number of benzene rings is 2. The molecule has 0 unspecified atom stereocenters. The van der Waals surface area contributed by atoms with Crippen LogP contribution in [0, 0.1) is 5.82 Å². The predicted octanol–water partition coefficient (Wildman–Crippen LogP) is 2.78. The van der Waals surface area contributed by atoms with E-state index in [1.54, 1.807) is 31.3 Å². The molecule has 0 amide bonds. The van der Waals surface area contributed by atoms with E-state index in [9.17, 15) is 12.8 Å². The van der Waals surface area contributed by atoms with Crippen LogP contribution in [-0.4, -0.2) is 41.1 Å². The number of aliphatic imine (C=N–C) groups is 1. The highest BCUT2D eigenvalue weighted by Crippen LogP contribution is 2.14. The third-order valence-electron chi connectivity index (χ3n) is 3.66. The van der Waals surface area contributed by atoms with Crippen LogP contribution in [0.4, 0.5) is 4.39 Å². The highest BCUT2D eigenvalue weighted by molar-refractivity contribution is 14.0. The quantitative estimate of drug-likeness (QED) is 0.208. The average Bonchev–Trinajstić information content (AvgIpc) is 2.65. The fourth-order valence-corrected chi connectivity index (χ4v) is 3.61. The zero-order valence-corrected chi connectivity index (χ0v) is 19.2. The summed E-state index contributed by atoms with van der Waals surface area (Å²) < 4.78 is 39.7. The highest BCUT2D eigenvalue weighted by Gasteiger charge is 2.13. The van der Waals surface area contributed by atoms with Crippen LogP contribution in [0.5, 0.6) is 0 Å². The molecule has 0 radical (unpaired) electrons. The Balaban J connectivity index is 0.00000392. The maximum atomic E-state index is 12.9. The molecule has 10 heteroatoms. The lowest BCUT2D eigenvalue weighted by Gasteiger charge is -2.12. The number of guanidine groups is 1. The first kappa shape index (κ1) is 24.6. The van der Waals surface area contributed by atoms with Crippen molar-refractivity contribution in [3.63, 3.8) is 0 Å². The van der Waals surface area contributed by atoms with Crippen molar-refractivity contribution in [2.24, 2.45) is 4.99 Å². The van der Waals surface area contributed by atoms with Crippen molar-refractivity contribution in [2.45, 2.75) is 11.3 Å². The summed E-state index contributed by atoms with van der Waals surface area (Å²) in [6.45, 7) is 1.16. The Morgan fingerprint density at radius 3 is 2.39 bits per heavy atom.